The van der Waals surface area contributed by atoms with Crippen LogP contribution in [-0.4, -0.2) is 6.61 Å². The highest BCUT2D eigenvalue weighted by Gasteiger charge is 2.26. The first-order chi connectivity index (χ1) is 9.55. The van der Waals surface area contributed by atoms with E-state index < -0.39 is 5.54 Å². The Morgan fingerprint density at radius 2 is 1.75 bits per heavy atom. The fraction of sp³-hybridized carbons (Fsp3) is 0.294. The SMILES string of the molecule is CCCOc1ccc(C(C)(N)c2ccccc2F)cc1. The van der Waals surface area contributed by atoms with Crippen LogP contribution in [0.4, 0.5) is 4.39 Å². The van der Waals surface area contributed by atoms with E-state index in [9.17, 15) is 4.39 Å². The molecule has 0 amide bonds. The van der Waals surface area contributed by atoms with Crippen molar-refractivity contribution in [3.05, 3.63) is 65.5 Å². The van der Waals surface area contributed by atoms with Crippen LogP contribution in [-0.2, 0) is 5.54 Å². The van der Waals surface area contributed by atoms with Gasteiger partial charge in [0.2, 0.25) is 0 Å². The molecule has 2 aromatic carbocycles. The van der Waals surface area contributed by atoms with Gasteiger partial charge in [-0.15, -0.1) is 0 Å². The first-order valence-electron chi connectivity index (χ1n) is 6.83. The van der Waals surface area contributed by atoms with E-state index in [0.29, 0.717) is 12.2 Å². The van der Waals surface area contributed by atoms with Crippen LogP contribution in [0.15, 0.2) is 48.5 Å². The van der Waals surface area contributed by atoms with Gasteiger partial charge in [-0.25, -0.2) is 4.39 Å². The van der Waals surface area contributed by atoms with Gasteiger partial charge >= 0.3 is 0 Å². The van der Waals surface area contributed by atoms with Gasteiger partial charge < -0.3 is 10.5 Å². The van der Waals surface area contributed by atoms with Gasteiger partial charge in [-0.05, 0) is 37.1 Å². The lowest BCUT2D eigenvalue weighted by molar-refractivity contribution is 0.317. The third-order valence-electron chi connectivity index (χ3n) is 3.36. The molecule has 0 radical (unpaired) electrons. The van der Waals surface area contributed by atoms with Crippen molar-refractivity contribution in [2.24, 2.45) is 5.73 Å². The molecule has 2 N–H and O–H groups in total. The molecule has 0 saturated heterocycles. The second kappa shape index (κ2) is 6.06. The van der Waals surface area contributed by atoms with Gasteiger partial charge in [0.1, 0.15) is 11.6 Å². The normalized spacial score (nSPS) is 13.8. The van der Waals surface area contributed by atoms with Crippen molar-refractivity contribution in [2.45, 2.75) is 25.8 Å². The van der Waals surface area contributed by atoms with E-state index in [1.165, 1.54) is 6.07 Å². The molecule has 20 heavy (non-hydrogen) atoms. The summed E-state index contributed by atoms with van der Waals surface area (Å²) in [7, 11) is 0. The summed E-state index contributed by atoms with van der Waals surface area (Å²) in [6, 6.07) is 14.1. The smallest absolute Gasteiger partial charge is 0.128 e. The number of halogens is 1. The third kappa shape index (κ3) is 2.99. The van der Waals surface area contributed by atoms with Crippen LogP contribution in [0, 0.1) is 5.82 Å². The molecule has 1 atom stereocenters. The monoisotopic (exact) mass is 273 g/mol. The molecule has 0 aliphatic heterocycles. The summed E-state index contributed by atoms with van der Waals surface area (Å²) in [4.78, 5) is 0. The fourth-order valence-electron chi connectivity index (χ4n) is 2.16. The molecule has 0 spiro atoms. The zero-order valence-corrected chi connectivity index (χ0v) is 11.9. The second-order valence-corrected chi connectivity index (χ2v) is 5.06. The maximum Gasteiger partial charge on any atom is 0.128 e. The molecule has 0 aliphatic carbocycles. The van der Waals surface area contributed by atoms with Gasteiger partial charge in [0, 0.05) is 5.56 Å². The average Bonchev–Trinajstić information content (AvgIpc) is 2.46. The third-order valence-corrected chi connectivity index (χ3v) is 3.36. The largest absolute Gasteiger partial charge is 0.494 e. The van der Waals surface area contributed by atoms with Crippen molar-refractivity contribution in [1.29, 1.82) is 0 Å². The molecule has 106 valence electrons. The quantitative estimate of drug-likeness (QED) is 0.898. The molecule has 2 rings (SSSR count). The summed E-state index contributed by atoms with van der Waals surface area (Å²) in [5.41, 5.74) is 6.80. The van der Waals surface area contributed by atoms with Crippen molar-refractivity contribution in [3.63, 3.8) is 0 Å². The minimum Gasteiger partial charge on any atom is -0.494 e. The fourth-order valence-corrected chi connectivity index (χ4v) is 2.16. The zero-order valence-electron chi connectivity index (χ0n) is 11.9. The van der Waals surface area contributed by atoms with Gasteiger partial charge in [-0.3, -0.25) is 0 Å². The number of nitrogens with two attached hydrogens (primary N) is 1. The first-order valence-corrected chi connectivity index (χ1v) is 6.83. The highest BCUT2D eigenvalue weighted by atomic mass is 19.1. The predicted molar refractivity (Wildman–Crippen MR) is 79.3 cm³/mol. The molecule has 0 saturated carbocycles. The lowest BCUT2D eigenvalue weighted by atomic mass is 9.85. The predicted octanol–water partition coefficient (Wildman–Crippen LogP) is 3.84. The summed E-state index contributed by atoms with van der Waals surface area (Å²) >= 11 is 0. The number of ether oxygens (including phenoxy) is 1. The van der Waals surface area contributed by atoms with Gasteiger partial charge in [0.15, 0.2) is 0 Å². The second-order valence-electron chi connectivity index (χ2n) is 5.06. The molecule has 0 bridgehead atoms. The Hall–Kier alpha value is -1.87. The number of hydrogen-bond donors (Lipinski definition) is 1. The lowest BCUT2D eigenvalue weighted by Gasteiger charge is -2.26. The standard InChI is InChI=1S/C17H20FNO/c1-3-12-20-14-10-8-13(9-11-14)17(2,19)15-6-4-5-7-16(15)18/h4-11H,3,12,19H2,1-2H3. The van der Waals surface area contributed by atoms with Crippen molar-refractivity contribution in [1.82, 2.24) is 0 Å². The first kappa shape index (κ1) is 14.5. The Balaban J connectivity index is 2.28. The van der Waals surface area contributed by atoms with Crippen molar-refractivity contribution in [2.75, 3.05) is 6.61 Å². The number of benzene rings is 2. The molecule has 0 aliphatic rings. The Labute approximate surface area is 119 Å². The molecular formula is C17H20FNO. The van der Waals surface area contributed by atoms with E-state index in [1.54, 1.807) is 18.2 Å². The van der Waals surface area contributed by atoms with Crippen LogP contribution in [0.2, 0.25) is 0 Å². The van der Waals surface area contributed by atoms with E-state index in [-0.39, 0.29) is 5.82 Å². The van der Waals surface area contributed by atoms with Crippen LogP contribution in [0.3, 0.4) is 0 Å². The van der Waals surface area contributed by atoms with Crippen molar-refractivity contribution >= 4 is 0 Å². The van der Waals surface area contributed by atoms with E-state index in [2.05, 4.69) is 6.92 Å². The summed E-state index contributed by atoms with van der Waals surface area (Å²) in [5, 5.41) is 0. The van der Waals surface area contributed by atoms with Crippen LogP contribution in [0.5, 0.6) is 5.75 Å². The molecule has 2 aromatic rings. The average molecular weight is 273 g/mol. The maximum atomic E-state index is 13.9. The summed E-state index contributed by atoms with van der Waals surface area (Å²) in [6.45, 7) is 4.56. The highest BCUT2D eigenvalue weighted by molar-refractivity contribution is 5.40. The topological polar surface area (TPSA) is 35.2 Å². The molecular weight excluding hydrogens is 253 g/mol. The Morgan fingerprint density at radius 3 is 2.35 bits per heavy atom. The van der Waals surface area contributed by atoms with E-state index in [1.807, 2.05) is 31.2 Å². The Morgan fingerprint density at radius 1 is 1.10 bits per heavy atom. The van der Waals surface area contributed by atoms with Crippen LogP contribution in [0.1, 0.15) is 31.4 Å². The van der Waals surface area contributed by atoms with Gasteiger partial charge in [0.05, 0.1) is 12.1 Å². The van der Waals surface area contributed by atoms with Crippen molar-refractivity contribution in [3.8, 4) is 5.75 Å². The minimum atomic E-state index is -0.866. The summed E-state index contributed by atoms with van der Waals surface area (Å²) in [5.74, 6) is 0.517. The summed E-state index contributed by atoms with van der Waals surface area (Å²) < 4.78 is 19.4. The molecule has 0 aromatic heterocycles. The minimum absolute atomic E-state index is 0.288. The summed E-state index contributed by atoms with van der Waals surface area (Å²) in [6.07, 6.45) is 0.964. The lowest BCUT2D eigenvalue weighted by Crippen LogP contribution is -2.35. The van der Waals surface area contributed by atoms with Crippen molar-refractivity contribution < 1.29 is 9.13 Å². The van der Waals surface area contributed by atoms with Gasteiger partial charge in [0.25, 0.3) is 0 Å². The Bertz CT molecular complexity index is 563. The number of hydrogen-bond acceptors (Lipinski definition) is 2. The van der Waals surface area contributed by atoms with Crippen LogP contribution in [0.25, 0.3) is 0 Å². The van der Waals surface area contributed by atoms with Crippen LogP contribution < -0.4 is 10.5 Å². The molecule has 0 heterocycles. The molecule has 3 heteroatoms. The molecule has 2 nitrogen and oxygen atoms in total. The van der Waals surface area contributed by atoms with Gasteiger partial charge in [-0.1, -0.05) is 37.3 Å². The van der Waals surface area contributed by atoms with E-state index in [4.69, 9.17) is 10.5 Å². The van der Waals surface area contributed by atoms with Crippen LogP contribution >= 0.6 is 0 Å². The van der Waals surface area contributed by atoms with Gasteiger partial charge in [-0.2, -0.15) is 0 Å². The maximum absolute atomic E-state index is 13.9. The zero-order chi connectivity index (χ0) is 14.6. The highest BCUT2D eigenvalue weighted by Crippen LogP contribution is 2.29. The molecule has 1 unspecified atom stereocenters. The number of rotatable bonds is 5. The molecule has 0 fully saturated rings. The van der Waals surface area contributed by atoms with E-state index in [0.717, 1.165) is 17.7 Å². The Kier molecular flexibility index (Phi) is 4.40. The van der Waals surface area contributed by atoms with E-state index >= 15 is 0 Å².